The number of piperidine rings is 1. The van der Waals surface area contributed by atoms with Crippen molar-refractivity contribution in [3.63, 3.8) is 0 Å². The summed E-state index contributed by atoms with van der Waals surface area (Å²) in [4.78, 5) is 0. The molecule has 5 heteroatoms. The Balaban J connectivity index is 1.70. The van der Waals surface area contributed by atoms with Gasteiger partial charge in [-0.2, -0.15) is 0 Å². The van der Waals surface area contributed by atoms with Gasteiger partial charge in [-0.05, 0) is 55.4 Å². The fraction of sp³-hybridized carbons (Fsp3) is 1.00. The topological polar surface area (TPSA) is 58.2 Å². The van der Waals surface area contributed by atoms with Crippen LogP contribution in [0.3, 0.4) is 0 Å². The first-order chi connectivity index (χ1) is 9.73. The van der Waals surface area contributed by atoms with Crippen molar-refractivity contribution in [1.82, 2.24) is 10.0 Å². The zero-order valence-electron chi connectivity index (χ0n) is 13.6. The Morgan fingerprint density at radius 2 is 1.95 bits per heavy atom. The summed E-state index contributed by atoms with van der Waals surface area (Å²) in [5, 5.41) is 3.35. The van der Waals surface area contributed by atoms with Crippen LogP contribution in [0.15, 0.2) is 0 Å². The molecule has 1 aliphatic heterocycles. The monoisotopic (exact) mass is 314 g/mol. The standard InChI is InChI=1S/C16H30N2O2S/c1-15(2)12-7-8-16(3,10-12)14(15)18-21(19,20)11-13-6-4-5-9-17-13/h12-14,17-18H,4-11H2,1-3H3. The lowest BCUT2D eigenvalue weighted by molar-refractivity contribution is 0.127. The molecule has 1 saturated heterocycles. The molecule has 2 saturated carbocycles. The molecule has 0 aromatic rings. The van der Waals surface area contributed by atoms with Gasteiger partial charge in [0.1, 0.15) is 0 Å². The largest absolute Gasteiger partial charge is 0.313 e. The van der Waals surface area contributed by atoms with E-state index in [2.05, 4.69) is 30.8 Å². The summed E-state index contributed by atoms with van der Waals surface area (Å²) in [6.45, 7) is 7.71. The molecule has 4 atom stereocenters. The summed E-state index contributed by atoms with van der Waals surface area (Å²) in [6.07, 6.45) is 6.88. The van der Waals surface area contributed by atoms with E-state index in [0.717, 1.165) is 25.8 Å². The summed E-state index contributed by atoms with van der Waals surface area (Å²) in [5.41, 5.74) is 0.237. The highest BCUT2D eigenvalue weighted by atomic mass is 32.2. The number of hydrogen-bond donors (Lipinski definition) is 2. The van der Waals surface area contributed by atoms with Gasteiger partial charge < -0.3 is 5.32 Å². The molecule has 2 aliphatic carbocycles. The first-order valence-electron chi connectivity index (χ1n) is 8.46. The number of fused-ring (bicyclic) bond motifs is 2. The zero-order valence-corrected chi connectivity index (χ0v) is 14.4. The van der Waals surface area contributed by atoms with Gasteiger partial charge in [-0.15, -0.1) is 0 Å². The van der Waals surface area contributed by atoms with Gasteiger partial charge in [-0.3, -0.25) is 0 Å². The summed E-state index contributed by atoms with van der Waals surface area (Å²) < 4.78 is 28.3. The molecule has 3 rings (SSSR count). The second kappa shape index (κ2) is 5.20. The van der Waals surface area contributed by atoms with Crippen LogP contribution in [0.2, 0.25) is 0 Å². The molecule has 0 aromatic heterocycles. The Kier molecular flexibility index (Phi) is 3.90. The van der Waals surface area contributed by atoms with Crippen molar-refractivity contribution in [3.8, 4) is 0 Å². The van der Waals surface area contributed by atoms with Crippen LogP contribution in [0.5, 0.6) is 0 Å². The Morgan fingerprint density at radius 1 is 1.19 bits per heavy atom. The molecule has 4 nitrogen and oxygen atoms in total. The smallest absolute Gasteiger partial charge is 0.213 e. The van der Waals surface area contributed by atoms with Crippen LogP contribution in [-0.4, -0.2) is 32.8 Å². The van der Waals surface area contributed by atoms with Crippen molar-refractivity contribution >= 4 is 10.0 Å². The third-order valence-corrected chi connectivity index (χ3v) is 7.84. The fourth-order valence-electron chi connectivity index (χ4n) is 5.15. The van der Waals surface area contributed by atoms with Gasteiger partial charge in [0.15, 0.2) is 0 Å². The van der Waals surface area contributed by atoms with Crippen molar-refractivity contribution in [2.24, 2.45) is 16.7 Å². The molecule has 122 valence electrons. The maximum atomic E-state index is 12.6. The summed E-state index contributed by atoms with van der Waals surface area (Å²) >= 11 is 0. The van der Waals surface area contributed by atoms with Crippen LogP contribution in [0.25, 0.3) is 0 Å². The van der Waals surface area contributed by atoms with E-state index in [4.69, 9.17) is 0 Å². The van der Waals surface area contributed by atoms with Crippen molar-refractivity contribution in [2.45, 2.75) is 71.4 Å². The van der Waals surface area contributed by atoms with Gasteiger partial charge in [0.05, 0.1) is 5.75 Å². The molecular weight excluding hydrogens is 284 g/mol. The zero-order chi connectivity index (χ0) is 15.3. The first-order valence-corrected chi connectivity index (χ1v) is 10.1. The third kappa shape index (κ3) is 2.89. The Labute approximate surface area is 129 Å². The van der Waals surface area contributed by atoms with Crippen LogP contribution in [0, 0.1) is 16.7 Å². The Hall–Kier alpha value is -0.130. The molecular formula is C16H30N2O2S. The van der Waals surface area contributed by atoms with E-state index in [-0.39, 0.29) is 28.7 Å². The maximum Gasteiger partial charge on any atom is 0.213 e. The number of sulfonamides is 1. The number of nitrogens with one attached hydrogen (secondary N) is 2. The second-order valence-corrected chi connectivity index (χ2v) is 10.2. The lowest BCUT2D eigenvalue weighted by atomic mass is 9.69. The molecule has 0 amide bonds. The molecule has 0 aromatic carbocycles. The summed E-state index contributed by atoms with van der Waals surface area (Å²) in [5.74, 6) is 0.906. The van der Waals surface area contributed by atoms with Gasteiger partial charge in [0, 0.05) is 12.1 Å². The Bertz CT molecular complexity index is 492. The van der Waals surface area contributed by atoms with Gasteiger partial charge in [0.25, 0.3) is 0 Å². The quantitative estimate of drug-likeness (QED) is 0.837. The predicted octanol–water partition coefficient (Wildman–Crippen LogP) is 2.26. The second-order valence-electron chi connectivity index (χ2n) is 8.39. The van der Waals surface area contributed by atoms with Gasteiger partial charge in [-0.25, -0.2) is 13.1 Å². The van der Waals surface area contributed by atoms with Gasteiger partial charge >= 0.3 is 0 Å². The lowest BCUT2D eigenvalue weighted by Gasteiger charge is -2.43. The van der Waals surface area contributed by atoms with Crippen LogP contribution in [0.4, 0.5) is 0 Å². The minimum absolute atomic E-state index is 0.0834. The van der Waals surface area contributed by atoms with Crippen LogP contribution in [-0.2, 0) is 10.0 Å². The van der Waals surface area contributed by atoms with Gasteiger partial charge in [0.2, 0.25) is 10.0 Å². The molecule has 21 heavy (non-hydrogen) atoms. The summed E-state index contributed by atoms with van der Waals surface area (Å²) in [6, 6.07) is 0.225. The predicted molar refractivity (Wildman–Crippen MR) is 85.6 cm³/mol. The van der Waals surface area contributed by atoms with E-state index in [1.54, 1.807) is 0 Å². The minimum Gasteiger partial charge on any atom is -0.313 e. The molecule has 0 radical (unpaired) electrons. The van der Waals surface area contributed by atoms with Gasteiger partial charge in [-0.1, -0.05) is 27.2 Å². The van der Waals surface area contributed by atoms with Crippen molar-refractivity contribution in [3.05, 3.63) is 0 Å². The molecule has 3 aliphatic rings. The normalized spacial score (nSPS) is 42.3. The molecule has 2 bridgehead atoms. The maximum absolute atomic E-state index is 12.6. The van der Waals surface area contributed by atoms with Crippen LogP contribution in [0.1, 0.15) is 59.3 Å². The van der Waals surface area contributed by atoms with E-state index in [9.17, 15) is 8.42 Å². The lowest BCUT2D eigenvalue weighted by Crippen LogP contribution is -2.54. The van der Waals surface area contributed by atoms with E-state index in [1.807, 2.05) is 0 Å². The minimum atomic E-state index is -3.21. The average Bonchev–Trinajstić information content (AvgIpc) is 2.87. The SMILES string of the molecule is CC12CCC(C1)C(C)(C)C2NS(=O)(=O)CC1CCCCN1. The van der Waals surface area contributed by atoms with E-state index in [1.165, 1.54) is 19.3 Å². The van der Waals surface area contributed by atoms with E-state index in [0.29, 0.717) is 5.92 Å². The summed E-state index contributed by atoms with van der Waals surface area (Å²) in [7, 11) is -3.21. The number of rotatable bonds is 4. The van der Waals surface area contributed by atoms with Crippen LogP contribution < -0.4 is 10.0 Å². The first kappa shape index (κ1) is 15.8. The molecule has 3 fully saturated rings. The van der Waals surface area contributed by atoms with Crippen molar-refractivity contribution < 1.29 is 8.42 Å². The van der Waals surface area contributed by atoms with Crippen molar-refractivity contribution in [1.29, 1.82) is 0 Å². The Morgan fingerprint density at radius 3 is 2.52 bits per heavy atom. The average molecular weight is 314 g/mol. The molecule has 2 N–H and O–H groups in total. The number of hydrogen-bond acceptors (Lipinski definition) is 3. The fourth-order valence-corrected chi connectivity index (χ4v) is 7.01. The highest BCUT2D eigenvalue weighted by Crippen LogP contribution is 2.62. The highest BCUT2D eigenvalue weighted by Gasteiger charge is 2.60. The third-order valence-electron chi connectivity index (χ3n) is 6.40. The molecule has 0 spiro atoms. The van der Waals surface area contributed by atoms with Crippen molar-refractivity contribution in [2.75, 3.05) is 12.3 Å². The highest BCUT2D eigenvalue weighted by molar-refractivity contribution is 7.89. The molecule has 1 heterocycles. The molecule has 4 unspecified atom stereocenters. The van der Waals surface area contributed by atoms with E-state index >= 15 is 0 Å². The van der Waals surface area contributed by atoms with Crippen LogP contribution >= 0.6 is 0 Å². The van der Waals surface area contributed by atoms with E-state index < -0.39 is 10.0 Å².